The highest BCUT2D eigenvalue weighted by Gasteiger charge is 2.54. The molecule has 0 aromatic carbocycles. The van der Waals surface area contributed by atoms with E-state index in [1.807, 2.05) is 0 Å². The molecule has 2 saturated carbocycles. The fourth-order valence-corrected chi connectivity index (χ4v) is 6.30. The van der Waals surface area contributed by atoms with Crippen LogP contribution in [0.4, 0.5) is 0 Å². The highest BCUT2D eigenvalue weighted by atomic mass is 16.2. The average Bonchev–Trinajstić information content (AvgIpc) is 2.97. The number of nitrogens with one attached hydrogen (secondary N) is 1. The zero-order valence-electron chi connectivity index (χ0n) is 17.8. The lowest BCUT2D eigenvalue weighted by atomic mass is 9.68. The van der Waals surface area contributed by atoms with Crippen LogP contribution in [0.25, 0.3) is 0 Å². The number of carbonyl (C=O) groups is 4. The molecule has 4 rings (SSSR count). The van der Waals surface area contributed by atoms with Gasteiger partial charge < -0.3 is 5.73 Å². The molecule has 6 atom stereocenters. The van der Waals surface area contributed by atoms with Crippen LogP contribution in [0, 0.1) is 23.7 Å². The van der Waals surface area contributed by atoms with Gasteiger partial charge in [-0.25, -0.2) is 0 Å². The number of likely N-dealkylation sites (tertiary alicyclic amines) is 1. The van der Waals surface area contributed by atoms with Crippen molar-refractivity contribution in [3.63, 3.8) is 0 Å². The van der Waals surface area contributed by atoms with E-state index in [1.165, 1.54) is 37.0 Å². The molecule has 7 nitrogen and oxygen atoms in total. The topological polar surface area (TPSA) is 110 Å². The van der Waals surface area contributed by atoms with E-state index in [0.717, 1.165) is 38.5 Å². The summed E-state index contributed by atoms with van der Waals surface area (Å²) < 4.78 is 0. The fraction of sp³-hybridized carbons (Fsp3) is 0.826. The number of hydrogen-bond acceptors (Lipinski definition) is 5. The molecule has 0 aromatic rings. The number of piperidine rings is 1. The van der Waals surface area contributed by atoms with Gasteiger partial charge in [0.05, 0.1) is 11.8 Å². The zero-order valence-corrected chi connectivity index (χ0v) is 17.8. The first-order valence-corrected chi connectivity index (χ1v) is 11.9. The molecule has 2 heterocycles. The Hall–Kier alpha value is -1.76. The van der Waals surface area contributed by atoms with Gasteiger partial charge in [0.1, 0.15) is 6.04 Å². The molecule has 0 spiro atoms. The lowest BCUT2D eigenvalue weighted by Gasteiger charge is -2.36. The normalized spacial score (nSPS) is 38.9. The molecule has 7 heteroatoms. The van der Waals surface area contributed by atoms with E-state index in [9.17, 15) is 19.2 Å². The van der Waals surface area contributed by atoms with E-state index < -0.39 is 11.9 Å². The number of fused-ring (bicyclic) bond motifs is 1. The van der Waals surface area contributed by atoms with Gasteiger partial charge in [-0.15, -0.1) is 0 Å². The van der Waals surface area contributed by atoms with E-state index in [-0.39, 0.29) is 48.4 Å². The molecule has 4 aliphatic rings. The highest BCUT2D eigenvalue weighted by molar-refractivity contribution is 6.10. The summed E-state index contributed by atoms with van der Waals surface area (Å²) in [4.78, 5) is 51.2. The van der Waals surface area contributed by atoms with Crippen LogP contribution in [-0.2, 0) is 19.2 Å². The number of hydrogen-bond donors (Lipinski definition) is 2. The molecule has 2 saturated heterocycles. The molecule has 2 aliphatic heterocycles. The molecule has 166 valence electrons. The van der Waals surface area contributed by atoms with Crippen LogP contribution >= 0.6 is 0 Å². The van der Waals surface area contributed by atoms with Gasteiger partial charge >= 0.3 is 0 Å². The average molecular weight is 418 g/mol. The Labute approximate surface area is 178 Å². The molecular formula is C23H35N3O4. The summed E-state index contributed by atoms with van der Waals surface area (Å²) in [7, 11) is 0. The smallest absolute Gasteiger partial charge is 0.249 e. The van der Waals surface area contributed by atoms with Gasteiger partial charge in [-0.3, -0.25) is 29.4 Å². The second-order valence-corrected chi connectivity index (χ2v) is 9.90. The van der Waals surface area contributed by atoms with Crippen molar-refractivity contribution in [1.29, 1.82) is 0 Å². The monoisotopic (exact) mass is 417 g/mol. The Bertz CT molecular complexity index is 709. The largest absolute Gasteiger partial charge is 0.328 e. The molecular weight excluding hydrogens is 382 g/mol. The third-order valence-corrected chi connectivity index (χ3v) is 7.94. The van der Waals surface area contributed by atoms with Crippen LogP contribution in [0.1, 0.15) is 83.5 Å². The Balaban J connectivity index is 1.45. The van der Waals surface area contributed by atoms with Crippen LogP contribution in [-0.4, -0.2) is 40.6 Å². The highest BCUT2D eigenvalue weighted by Crippen LogP contribution is 2.46. The third kappa shape index (κ3) is 4.32. The number of rotatable bonds is 2. The summed E-state index contributed by atoms with van der Waals surface area (Å²) in [6.45, 7) is 0. The van der Waals surface area contributed by atoms with Crippen LogP contribution in [0.3, 0.4) is 0 Å². The number of imide groups is 2. The summed E-state index contributed by atoms with van der Waals surface area (Å²) in [6.07, 6.45) is 12.3. The number of amides is 4. The van der Waals surface area contributed by atoms with Crippen molar-refractivity contribution in [3.8, 4) is 0 Å². The molecule has 0 bridgehead atoms. The van der Waals surface area contributed by atoms with Gasteiger partial charge in [0.15, 0.2) is 0 Å². The SMILES string of the molecule is NC1CCCCCCCC(C2CCC3C(=O)N(C4CCC(=O)NC4=O)C(=O)C3C2)C1. The maximum Gasteiger partial charge on any atom is 0.249 e. The van der Waals surface area contributed by atoms with Gasteiger partial charge in [0, 0.05) is 12.5 Å². The van der Waals surface area contributed by atoms with Crippen LogP contribution in [0.15, 0.2) is 0 Å². The first-order valence-electron chi connectivity index (χ1n) is 11.9. The van der Waals surface area contributed by atoms with Crippen molar-refractivity contribution >= 4 is 23.6 Å². The summed E-state index contributed by atoms with van der Waals surface area (Å²) >= 11 is 0. The van der Waals surface area contributed by atoms with Gasteiger partial charge in [-0.2, -0.15) is 0 Å². The quantitative estimate of drug-likeness (QED) is 0.670. The first kappa shape index (κ1) is 21.5. The van der Waals surface area contributed by atoms with Crippen molar-refractivity contribution in [1.82, 2.24) is 10.2 Å². The molecule has 4 amide bonds. The number of nitrogens with two attached hydrogens (primary N) is 1. The van der Waals surface area contributed by atoms with E-state index in [4.69, 9.17) is 5.73 Å². The van der Waals surface area contributed by atoms with Crippen LogP contribution < -0.4 is 11.1 Å². The Kier molecular flexibility index (Phi) is 6.56. The fourth-order valence-electron chi connectivity index (χ4n) is 6.30. The van der Waals surface area contributed by atoms with Gasteiger partial charge in [-0.05, 0) is 50.4 Å². The summed E-state index contributed by atoms with van der Waals surface area (Å²) in [5.74, 6) is -0.918. The second kappa shape index (κ2) is 9.16. The van der Waals surface area contributed by atoms with Gasteiger partial charge in [0.25, 0.3) is 0 Å². The van der Waals surface area contributed by atoms with Crippen molar-refractivity contribution < 1.29 is 19.2 Å². The third-order valence-electron chi connectivity index (χ3n) is 7.94. The van der Waals surface area contributed by atoms with Crippen LogP contribution in [0.5, 0.6) is 0 Å². The standard InChI is InChI=1S/C23H35N3O4/c24-16-7-5-3-1-2-4-6-14(12-16)15-8-9-17-18(13-15)23(30)26(22(17)29)19-10-11-20(27)25-21(19)28/h14-19H,1-13,24H2,(H,25,27,28). The molecule has 4 fully saturated rings. The lowest BCUT2D eigenvalue weighted by molar-refractivity contribution is -0.151. The van der Waals surface area contributed by atoms with E-state index in [2.05, 4.69) is 5.32 Å². The first-order chi connectivity index (χ1) is 14.5. The van der Waals surface area contributed by atoms with Crippen molar-refractivity contribution in [2.45, 2.75) is 95.6 Å². The molecule has 2 aliphatic carbocycles. The van der Waals surface area contributed by atoms with Crippen molar-refractivity contribution in [2.75, 3.05) is 0 Å². The minimum absolute atomic E-state index is 0.172. The van der Waals surface area contributed by atoms with Gasteiger partial charge in [0.2, 0.25) is 23.6 Å². The minimum atomic E-state index is -0.825. The predicted octanol–water partition coefficient (Wildman–Crippen LogP) is 2.27. The van der Waals surface area contributed by atoms with E-state index >= 15 is 0 Å². The Morgan fingerprint density at radius 1 is 0.733 bits per heavy atom. The predicted molar refractivity (Wildman–Crippen MR) is 111 cm³/mol. The van der Waals surface area contributed by atoms with Crippen molar-refractivity contribution in [2.24, 2.45) is 29.4 Å². The molecule has 6 unspecified atom stereocenters. The van der Waals surface area contributed by atoms with Gasteiger partial charge in [-0.1, -0.05) is 38.5 Å². The van der Waals surface area contributed by atoms with Crippen LogP contribution in [0.2, 0.25) is 0 Å². The number of nitrogens with zero attached hydrogens (tertiary/aromatic N) is 1. The maximum atomic E-state index is 13.2. The minimum Gasteiger partial charge on any atom is -0.328 e. The molecule has 0 aromatic heterocycles. The summed E-state index contributed by atoms with van der Waals surface area (Å²) in [5.41, 5.74) is 6.42. The zero-order chi connectivity index (χ0) is 21.3. The molecule has 3 N–H and O–H groups in total. The van der Waals surface area contributed by atoms with E-state index in [0.29, 0.717) is 11.8 Å². The molecule has 30 heavy (non-hydrogen) atoms. The summed E-state index contributed by atoms with van der Waals surface area (Å²) in [6, 6.07) is -0.597. The van der Waals surface area contributed by atoms with Crippen molar-refractivity contribution in [3.05, 3.63) is 0 Å². The lowest BCUT2D eigenvalue weighted by Crippen LogP contribution is -2.54. The maximum absolute atomic E-state index is 13.2. The second-order valence-electron chi connectivity index (χ2n) is 9.90. The van der Waals surface area contributed by atoms with E-state index in [1.54, 1.807) is 0 Å². The number of carbonyl (C=O) groups excluding carboxylic acids is 4. The Morgan fingerprint density at radius 3 is 2.17 bits per heavy atom. The summed E-state index contributed by atoms with van der Waals surface area (Å²) in [5, 5.41) is 2.28. The Morgan fingerprint density at radius 2 is 1.40 bits per heavy atom. The molecule has 0 radical (unpaired) electrons.